The van der Waals surface area contributed by atoms with E-state index >= 15 is 0 Å². The molecule has 0 aliphatic heterocycles. The number of hydrogen-bond donors (Lipinski definition) is 1. The number of hydrogen-bond acceptors (Lipinski definition) is 4. The fraction of sp³-hybridized carbons (Fsp3) is 0.118. The molecule has 0 aliphatic carbocycles. The largest absolute Gasteiger partial charge is 0.454 e. The maximum absolute atomic E-state index is 12.4. The topological polar surface area (TPSA) is 80.5 Å². The fourth-order valence-electron chi connectivity index (χ4n) is 2.10. The molecule has 0 unspecified atom stereocenters. The lowest BCUT2D eigenvalue weighted by Crippen LogP contribution is -2.22. The van der Waals surface area contributed by atoms with Crippen LogP contribution in [0.1, 0.15) is 5.56 Å². The molecule has 0 radical (unpaired) electrons. The Balaban J connectivity index is 2.35. The van der Waals surface area contributed by atoms with Crippen LogP contribution in [0.2, 0.25) is 5.02 Å². The number of nitrogens with zero attached hydrogens (tertiary/aromatic N) is 1. The van der Waals surface area contributed by atoms with Crippen molar-refractivity contribution in [2.24, 2.45) is 5.14 Å². The lowest BCUT2D eigenvalue weighted by molar-refractivity contribution is -0.165. The number of ketones is 1. The molecule has 0 aliphatic rings. The van der Waals surface area contributed by atoms with Gasteiger partial charge in [-0.3, -0.25) is 4.79 Å². The van der Waals surface area contributed by atoms with Gasteiger partial charge in [-0.25, -0.2) is 13.6 Å². The molecular formula is C17H14ClF3N2O3S. The molecular weight excluding hydrogens is 405 g/mol. The Morgan fingerprint density at radius 1 is 1.07 bits per heavy atom. The highest BCUT2D eigenvalue weighted by molar-refractivity contribution is 7.89. The summed E-state index contributed by atoms with van der Waals surface area (Å²) in [5.41, 5.74) is 1.07. The Labute approximate surface area is 158 Å². The number of rotatable bonds is 6. The fourth-order valence-corrected chi connectivity index (χ4v) is 2.74. The number of alkyl halides is 3. The lowest BCUT2D eigenvalue weighted by Gasteiger charge is -2.21. The van der Waals surface area contributed by atoms with Gasteiger partial charge in [-0.2, -0.15) is 13.2 Å². The van der Waals surface area contributed by atoms with Gasteiger partial charge in [-0.1, -0.05) is 23.7 Å². The number of benzene rings is 2. The van der Waals surface area contributed by atoms with Crippen molar-refractivity contribution < 1.29 is 26.4 Å². The molecule has 2 aromatic carbocycles. The van der Waals surface area contributed by atoms with E-state index in [1.807, 2.05) is 0 Å². The standard InChI is InChI=1S/C17H14ClF3N2O3S/c18-13-3-1-12(2-4-13)11-23(10-9-16(24)17(19,20)21)14-5-7-15(8-6-14)27(22,25)26/h1-10H,11H2,(H2,22,25,26)/b10-9+. The Bertz CT molecular complexity index is 941. The summed E-state index contributed by atoms with van der Waals surface area (Å²) in [5, 5.41) is 5.52. The highest BCUT2D eigenvalue weighted by atomic mass is 35.5. The molecule has 0 saturated carbocycles. The third-order valence-corrected chi connectivity index (χ3v) is 4.63. The average Bonchev–Trinajstić information content (AvgIpc) is 2.58. The van der Waals surface area contributed by atoms with Gasteiger partial charge in [0.05, 0.1) is 4.90 Å². The summed E-state index contributed by atoms with van der Waals surface area (Å²) in [4.78, 5) is 12.3. The smallest absolute Gasteiger partial charge is 0.343 e. The number of anilines is 1. The van der Waals surface area contributed by atoms with E-state index in [0.29, 0.717) is 22.3 Å². The van der Waals surface area contributed by atoms with Gasteiger partial charge in [0, 0.05) is 29.5 Å². The zero-order chi connectivity index (χ0) is 20.2. The number of nitrogens with two attached hydrogens (primary N) is 1. The van der Waals surface area contributed by atoms with Crippen LogP contribution in [0.25, 0.3) is 0 Å². The lowest BCUT2D eigenvalue weighted by atomic mass is 10.2. The first-order valence-electron chi connectivity index (χ1n) is 7.40. The summed E-state index contributed by atoms with van der Waals surface area (Å²) in [6.07, 6.45) is -3.60. The highest BCUT2D eigenvalue weighted by Gasteiger charge is 2.36. The van der Waals surface area contributed by atoms with Crippen LogP contribution in [0.4, 0.5) is 18.9 Å². The molecule has 0 saturated heterocycles. The maximum atomic E-state index is 12.4. The van der Waals surface area contributed by atoms with E-state index in [2.05, 4.69) is 0 Å². The molecule has 0 spiro atoms. The molecule has 27 heavy (non-hydrogen) atoms. The summed E-state index contributed by atoms with van der Waals surface area (Å²) in [5.74, 6) is -2.01. The number of allylic oxidation sites excluding steroid dienone is 1. The average molecular weight is 419 g/mol. The predicted octanol–water partition coefficient (Wildman–Crippen LogP) is 3.64. The minimum Gasteiger partial charge on any atom is -0.343 e. The predicted molar refractivity (Wildman–Crippen MR) is 95.7 cm³/mol. The number of primary sulfonamides is 1. The van der Waals surface area contributed by atoms with Crippen LogP contribution >= 0.6 is 11.6 Å². The quantitative estimate of drug-likeness (QED) is 0.726. The molecule has 0 bridgehead atoms. The number of carbonyl (C=O) groups is 1. The van der Waals surface area contributed by atoms with Gasteiger partial charge in [0.2, 0.25) is 10.0 Å². The zero-order valence-corrected chi connectivity index (χ0v) is 15.2. The van der Waals surface area contributed by atoms with Crippen molar-refractivity contribution in [2.45, 2.75) is 17.6 Å². The summed E-state index contributed by atoms with van der Waals surface area (Å²) in [6, 6.07) is 11.8. The maximum Gasteiger partial charge on any atom is 0.454 e. The Kier molecular flexibility index (Phi) is 6.30. The van der Waals surface area contributed by atoms with Gasteiger partial charge in [0.15, 0.2) is 0 Å². The van der Waals surface area contributed by atoms with Crippen LogP contribution in [0.5, 0.6) is 0 Å². The first kappa shape index (κ1) is 20.9. The van der Waals surface area contributed by atoms with E-state index in [0.717, 1.165) is 6.20 Å². The van der Waals surface area contributed by atoms with Crippen molar-refractivity contribution in [3.63, 3.8) is 0 Å². The van der Waals surface area contributed by atoms with Crippen LogP contribution in [0.15, 0.2) is 65.7 Å². The molecule has 5 nitrogen and oxygen atoms in total. The number of carbonyl (C=O) groups excluding carboxylic acids is 1. The van der Waals surface area contributed by atoms with Crippen molar-refractivity contribution in [1.29, 1.82) is 0 Å². The molecule has 144 valence electrons. The van der Waals surface area contributed by atoms with Crippen molar-refractivity contribution in [3.05, 3.63) is 71.4 Å². The SMILES string of the molecule is NS(=O)(=O)c1ccc(N(/C=C/C(=O)C(F)(F)F)Cc2ccc(Cl)cc2)cc1. The van der Waals surface area contributed by atoms with Crippen LogP contribution in [-0.4, -0.2) is 20.4 Å². The molecule has 10 heteroatoms. The second-order valence-electron chi connectivity index (χ2n) is 5.47. The Morgan fingerprint density at radius 3 is 2.11 bits per heavy atom. The van der Waals surface area contributed by atoms with Crippen LogP contribution in [0.3, 0.4) is 0 Å². The molecule has 0 atom stereocenters. The van der Waals surface area contributed by atoms with E-state index in [9.17, 15) is 26.4 Å². The minimum absolute atomic E-state index is 0.119. The third kappa shape index (κ3) is 6.09. The van der Waals surface area contributed by atoms with Gasteiger partial charge < -0.3 is 4.90 Å². The van der Waals surface area contributed by atoms with E-state index in [4.69, 9.17) is 16.7 Å². The molecule has 0 amide bonds. The van der Waals surface area contributed by atoms with E-state index in [1.165, 1.54) is 29.2 Å². The number of halogens is 4. The second-order valence-corrected chi connectivity index (χ2v) is 7.47. The summed E-state index contributed by atoms with van der Waals surface area (Å²) in [6.45, 7) is 0.119. The van der Waals surface area contributed by atoms with Gasteiger partial charge in [0.1, 0.15) is 0 Å². The van der Waals surface area contributed by atoms with Crippen molar-refractivity contribution in [2.75, 3.05) is 4.90 Å². The van der Waals surface area contributed by atoms with Crippen molar-refractivity contribution >= 4 is 33.1 Å². The molecule has 0 fully saturated rings. The van der Waals surface area contributed by atoms with E-state index < -0.39 is 22.0 Å². The summed E-state index contributed by atoms with van der Waals surface area (Å²) in [7, 11) is -3.91. The van der Waals surface area contributed by atoms with Crippen molar-refractivity contribution in [3.8, 4) is 0 Å². The van der Waals surface area contributed by atoms with Gasteiger partial charge in [0.25, 0.3) is 5.78 Å². The van der Waals surface area contributed by atoms with E-state index in [1.54, 1.807) is 24.3 Å². The summed E-state index contributed by atoms with van der Waals surface area (Å²) < 4.78 is 60.0. The Hall–Kier alpha value is -2.36. The van der Waals surface area contributed by atoms with Gasteiger partial charge in [-0.05, 0) is 42.0 Å². The van der Waals surface area contributed by atoms with E-state index in [-0.39, 0.29) is 11.4 Å². The highest BCUT2D eigenvalue weighted by Crippen LogP contribution is 2.22. The van der Waals surface area contributed by atoms with Crippen molar-refractivity contribution in [1.82, 2.24) is 0 Å². The number of sulfonamides is 1. The monoisotopic (exact) mass is 418 g/mol. The van der Waals surface area contributed by atoms with Crippen LogP contribution in [-0.2, 0) is 21.4 Å². The minimum atomic E-state index is -4.99. The van der Waals surface area contributed by atoms with Crippen LogP contribution < -0.4 is 10.0 Å². The zero-order valence-electron chi connectivity index (χ0n) is 13.7. The molecule has 2 N–H and O–H groups in total. The first-order chi connectivity index (χ1) is 12.5. The molecule has 0 heterocycles. The van der Waals surface area contributed by atoms with Gasteiger partial charge in [-0.15, -0.1) is 0 Å². The second kappa shape index (κ2) is 8.12. The summed E-state index contributed by atoms with van der Waals surface area (Å²) >= 11 is 5.81. The molecule has 2 aromatic rings. The van der Waals surface area contributed by atoms with Gasteiger partial charge >= 0.3 is 6.18 Å². The normalized spacial score (nSPS) is 12.3. The first-order valence-corrected chi connectivity index (χ1v) is 9.32. The molecule has 2 rings (SSSR count). The molecule has 0 aromatic heterocycles. The Morgan fingerprint density at radius 2 is 1.63 bits per heavy atom. The third-order valence-electron chi connectivity index (χ3n) is 3.45. The van der Waals surface area contributed by atoms with Crippen LogP contribution in [0, 0.1) is 0 Å².